The minimum atomic E-state index is 0.568. The SMILES string of the molecule is COCc1nc(N2CCC[C@H]3CCCC[C@H]32)sc1CN. The van der Waals surface area contributed by atoms with E-state index in [0.29, 0.717) is 19.2 Å². The molecular formula is C15H25N3OS. The lowest BCUT2D eigenvalue weighted by Gasteiger charge is -2.44. The predicted molar refractivity (Wildman–Crippen MR) is 83.0 cm³/mol. The number of ether oxygens (including phenoxy) is 1. The Hall–Kier alpha value is -0.650. The lowest BCUT2D eigenvalue weighted by molar-refractivity contribution is 0.181. The van der Waals surface area contributed by atoms with Gasteiger partial charge in [-0.15, -0.1) is 11.3 Å². The summed E-state index contributed by atoms with van der Waals surface area (Å²) in [6, 6.07) is 0.713. The Morgan fingerprint density at radius 2 is 2.10 bits per heavy atom. The number of nitrogens with zero attached hydrogens (tertiary/aromatic N) is 2. The monoisotopic (exact) mass is 295 g/mol. The van der Waals surface area contributed by atoms with Gasteiger partial charge in [0.1, 0.15) is 0 Å². The van der Waals surface area contributed by atoms with Gasteiger partial charge in [0.25, 0.3) is 0 Å². The molecule has 112 valence electrons. The molecule has 2 N–H and O–H groups in total. The van der Waals surface area contributed by atoms with Crippen molar-refractivity contribution in [1.82, 2.24) is 4.98 Å². The molecule has 0 spiro atoms. The number of hydrogen-bond acceptors (Lipinski definition) is 5. The van der Waals surface area contributed by atoms with Crippen LogP contribution < -0.4 is 10.6 Å². The molecule has 1 aromatic rings. The number of methoxy groups -OCH3 is 1. The molecule has 4 nitrogen and oxygen atoms in total. The van der Waals surface area contributed by atoms with Crippen molar-refractivity contribution in [3.63, 3.8) is 0 Å². The Labute approximate surface area is 125 Å². The van der Waals surface area contributed by atoms with Crippen LogP contribution in [0.5, 0.6) is 0 Å². The van der Waals surface area contributed by atoms with Gasteiger partial charge in [-0.3, -0.25) is 0 Å². The average Bonchev–Trinajstić information content (AvgIpc) is 2.90. The summed E-state index contributed by atoms with van der Waals surface area (Å²) < 4.78 is 5.25. The van der Waals surface area contributed by atoms with E-state index in [9.17, 15) is 0 Å². The van der Waals surface area contributed by atoms with Crippen LogP contribution in [0.1, 0.15) is 49.1 Å². The molecule has 1 aromatic heterocycles. The summed E-state index contributed by atoms with van der Waals surface area (Å²) >= 11 is 1.77. The summed E-state index contributed by atoms with van der Waals surface area (Å²) in [6.45, 7) is 2.30. The molecule has 1 saturated heterocycles. The highest BCUT2D eigenvalue weighted by atomic mass is 32.1. The second kappa shape index (κ2) is 6.41. The number of piperidine rings is 1. The topological polar surface area (TPSA) is 51.4 Å². The zero-order valence-corrected chi connectivity index (χ0v) is 13.1. The van der Waals surface area contributed by atoms with Gasteiger partial charge in [-0.05, 0) is 31.6 Å². The third kappa shape index (κ3) is 2.71. The molecule has 1 aliphatic carbocycles. The summed E-state index contributed by atoms with van der Waals surface area (Å²) in [5.74, 6) is 0.883. The summed E-state index contributed by atoms with van der Waals surface area (Å²) in [5.41, 5.74) is 6.89. The van der Waals surface area contributed by atoms with Gasteiger partial charge in [0.05, 0.1) is 12.3 Å². The Morgan fingerprint density at radius 3 is 2.90 bits per heavy atom. The molecule has 0 radical (unpaired) electrons. The van der Waals surface area contributed by atoms with Crippen molar-refractivity contribution in [1.29, 1.82) is 0 Å². The zero-order valence-electron chi connectivity index (χ0n) is 12.3. The number of hydrogen-bond donors (Lipinski definition) is 1. The minimum absolute atomic E-state index is 0.568. The molecule has 0 aromatic carbocycles. The van der Waals surface area contributed by atoms with Crippen LogP contribution >= 0.6 is 11.3 Å². The van der Waals surface area contributed by atoms with E-state index < -0.39 is 0 Å². The van der Waals surface area contributed by atoms with Gasteiger partial charge in [-0.2, -0.15) is 0 Å². The maximum absolute atomic E-state index is 5.85. The number of thiazole rings is 1. The Balaban J connectivity index is 1.83. The van der Waals surface area contributed by atoms with Crippen LogP contribution in [0.2, 0.25) is 0 Å². The van der Waals surface area contributed by atoms with Crippen molar-refractivity contribution < 1.29 is 4.74 Å². The van der Waals surface area contributed by atoms with Crippen LogP contribution in [0.15, 0.2) is 0 Å². The zero-order chi connectivity index (χ0) is 13.9. The molecule has 5 heteroatoms. The normalized spacial score (nSPS) is 26.6. The molecule has 0 unspecified atom stereocenters. The third-order valence-electron chi connectivity index (χ3n) is 4.72. The quantitative estimate of drug-likeness (QED) is 0.928. The fourth-order valence-corrected chi connectivity index (χ4v) is 4.79. The van der Waals surface area contributed by atoms with Crippen molar-refractivity contribution in [3.8, 4) is 0 Å². The van der Waals surface area contributed by atoms with Crippen molar-refractivity contribution in [2.24, 2.45) is 11.7 Å². The summed E-state index contributed by atoms with van der Waals surface area (Å²) in [6.07, 6.45) is 8.23. The molecule has 2 atom stereocenters. The second-order valence-corrected chi connectivity index (χ2v) is 7.01. The van der Waals surface area contributed by atoms with Gasteiger partial charge >= 0.3 is 0 Å². The molecule has 1 aliphatic heterocycles. The van der Waals surface area contributed by atoms with E-state index in [1.807, 2.05) is 0 Å². The van der Waals surface area contributed by atoms with Crippen LogP contribution in [-0.2, 0) is 17.9 Å². The molecule has 0 bridgehead atoms. The fraction of sp³-hybridized carbons (Fsp3) is 0.800. The van der Waals surface area contributed by atoms with Gasteiger partial charge in [0.15, 0.2) is 5.13 Å². The molecule has 2 aliphatic rings. The summed E-state index contributed by atoms with van der Waals surface area (Å²) in [7, 11) is 1.72. The van der Waals surface area contributed by atoms with Gasteiger partial charge in [0, 0.05) is 31.1 Å². The van der Waals surface area contributed by atoms with E-state index in [2.05, 4.69) is 4.90 Å². The number of fused-ring (bicyclic) bond motifs is 1. The predicted octanol–water partition coefficient (Wildman–Crippen LogP) is 2.91. The second-order valence-electron chi connectivity index (χ2n) is 5.95. The van der Waals surface area contributed by atoms with Crippen LogP contribution in [0.25, 0.3) is 0 Å². The first-order valence-electron chi connectivity index (χ1n) is 7.77. The van der Waals surface area contributed by atoms with Crippen molar-refractivity contribution in [3.05, 3.63) is 10.6 Å². The standard InChI is InChI=1S/C15H25N3OS/c1-19-10-12-14(9-16)20-15(17-12)18-8-4-6-11-5-2-3-7-13(11)18/h11,13H,2-10,16H2,1H3/t11-,13-/m1/s1. The lowest BCUT2D eigenvalue weighted by atomic mass is 9.78. The highest BCUT2D eigenvalue weighted by molar-refractivity contribution is 7.15. The molecule has 2 heterocycles. The molecule has 3 rings (SSSR count). The van der Waals surface area contributed by atoms with E-state index >= 15 is 0 Å². The van der Waals surface area contributed by atoms with Gasteiger partial charge < -0.3 is 15.4 Å². The van der Waals surface area contributed by atoms with Gasteiger partial charge in [-0.25, -0.2) is 4.98 Å². The van der Waals surface area contributed by atoms with Crippen molar-refractivity contribution >= 4 is 16.5 Å². The van der Waals surface area contributed by atoms with Crippen molar-refractivity contribution in [2.45, 2.75) is 57.7 Å². The smallest absolute Gasteiger partial charge is 0.186 e. The van der Waals surface area contributed by atoms with Gasteiger partial charge in [0.2, 0.25) is 0 Å². The Kier molecular flexibility index (Phi) is 4.58. The maximum atomic E-state index is 5.85. The Morgan fingerprint density at radius 1 is 1.30 bits per heavy atom. The maximum Gasteiger partial charge on any atom is 0.186 e. The van der Waals surface area contributed by atoms with E-state index in [1.165, 1.54) is 48.5 Å². The van der Waals surface area contributed by atoms with E-state index in [4.69, 9.17) is 15.5 Å². The largest absolute Gasteiger partial charge is 0.378 e. The first-order chi connectivity index (χ1) is 9.83. The van der Waals surface area contributed by atoms with Crippen LogP contribution in [0.4, 0.5) is 5.13 Å². The number of aromatic nitrogens is 1. The van der Waals surface area contributed by atoms with Crippen LogP contribution in [0.3, 0.4) is 0 Å². The van der Waals surface area contributed by atoms with Crippen molar-refractivity contribution in [2.75, 3.05) is 18.6 Å². The van der Waals surface area contributed by atoms with E-state index in [0.717, 1.165) is 18.2 Å². The number of anilines is 1. The van der Waals surface area contributed by atoms with Crippen LogP contribution in [-0.4, -0.2) is 24.7 Å². The lowest BCUT2D eigenvalue weighted by Crippen LogP contribution is -2.46. The fourth-order valence-electron chi connectivity index (χ4n) is 3.76. The third-order valence-corrected chi connectivity index (χ3v) is 5.88. The highest BCUT2D eigenvalue weighted by Crippen LogP contribution is 2.39. The van der Waals surface area contributed by atoms with E-state index in [1.54, 1.807) is 18.4 Å². The minimum Gasteiger partial charge on any atom is -0.378 e. The molecular weight excluding hydrogens is 270 g/mol. The first-order valence-corrected chi connectivity index (χ1v) is 8.59. The van der Waals surface area contributed by atoms with Gasteiger partial charge in [-0.1, -0.05) is 12.8 Å². The number of nitrogens with two attached hydrogens (primary N) is 1. The first kappa shape index (κ1) is 14.3. The molecule has 1 saturated carbocycles. The summed E-state index contributed by atoms with van der Waals surface area (Å²) in [4.78, 5) is 8.57. The molecule has 20 heavy (non-hydrogen) atoms. The Bertz CT molecular complexity index is 446. The summed E-state index contributed by atoms with van der Waals surface area (Å²) in [5, 5.41) is 1.18. The van der Waals surface area contributed by atoms with E-state index in [-0.39, 0.29) is 0 Å². The molecule has 2 fully saturated rings. The molecule has 0 amide bonds. The van der Waals surface area contributed by atoms with Crippen LogP contribution in [0, 0.1) is 5.92 Å². The number of rotatable bonds is 4. The highest BCUT2D eigenvalue weighted by Gasteiger charge is 2.34. The average molecular weight is 295 g/mol.